The summed E-state index contributed by atoms with van der Waals surface area (Å²) in [6.07, 6.45) is 0.446. The summed E-state index contributed by atoms with van der Waals surface area (Å²) < 4.78 is 0. The van der Waals surface area contributed by atoms with Gasteiger partial charge in [0.25, 0.3) is 0 Å². The molecule has 6 N–H and O–H groups in total. The summed E-state index contributed by atoms with van der Waals surface area (Å²) in [7, 11) is 0. The van der Waals surface area contributed by atoms with Crippen molar-refractivity contribution in [2.24, 2.45) is 11.5 Å². The molecule has 0 aliphatic rings. The third kappa shape index (κ3) is 3.42. The van der Waals surface area contributed by atoms with Crippen molar-refractivity contribution in [3.63, 3.8) is 0 Å². The Labute approximate surface area is 54.5 Å². The van der Waals surface area contributed by atoms with Gasteiger partial charge in [-0.05, 0) is 6.42 Å². The molecule has 0 spiro atoms. The molecule has 2 atom stereocenters. The Kier molecular flexibility index (Phi) is 4.61. The zero-order chi connectivity index (χ0) is 7.28. The van der Waals surface area contributed by atoms with E-state index in [1.165, 1.54) is 0 Å². The minimum absolute atomic E-state index is 0.0227. The molecule has 0 unspecified atom stereocenters. The summed E-state index contributed by atoms with van der Waals surface area (Å²) in [5.74, 6) is 0. The van der Waals surface area contributed by atoms with E-state index in [-0.39, 0.29) is 19.3 Å². The first kappa shape index (κ1) is 8.84. The van der Waals surface area contributed by atoms with Crippen molar-refractivity contribution in [1.29, 1.82) is 0 Å². The zero-order valence-corrected chi connectivity index (χ0v) is 5.33. The molecular formula is C5H14N2O2. The Bertz CT molecular complexity index is 70.0. The smallest absolute Gasteiger partial charge is 0.0597 e. The lowest BCUT2D eigenvalue weighted by Crippen LogP contribution is -2.44. The van der Waals surface area contributed by atoms with Crippen molar-refractivity contribution in [3.8, 4) is 0 Å². The van der Waals surface area contributed by atoms with E-state index >= 15 is 0 Å². The summed E-state index contributed by atoms with van der Waals surface area (Å²) in [6, 6.07) is -0.697. The standard InChI is InChI=1S/C5H14N2O2/c6-4(1-2-8)5(7)3-9/h4-5,8-9H,1-3,6-7H2/t4-,5+/m0/s1. The van der Waals surface area contributed by atoms with Gasteiger partial charge in [0.15, 0.2) is 0 Å². The van der Waals surface area contributed by atoms with Crippen LogP contribution in [0.15, 0.2) is 0 Å². The predicted molar refractivity (Wildman–Crippen MR) is 34.7 cm³/mol. The maximum Gasteiger partial charge on any atom is 0.0597 e. The van der Waals surface area contributed by atoms with Crippen LogP contribution in [0.25, 0.3) is 0 Å². The van der Waals surface area contributed by atoms with E-state index in [1.54, 1.807) is 0 Å². The van der Waals surface area contributed by atoms with Crippen LogP contribution in [-0.4, -0.2) is 35.5 Å². The molecule has 0 fully saturated rings. The molecule has 0 aliphatic heterocycles. The van der Waals surface area contributed by atoms with Gasteiger partial charge in [0.05, 0.1) is 6.61 Å². The molecular weight excluding hydrogens is 120 g/mol. The van der Waals surface area contributed by atoms with E-state index in [0.717, 1.165) is 0 Å². The minimum Gasteiger partial charge on any atom is -0.396 e. The normalized spacial score (nSPS) is 17.3. The monoisotopic (exact) mass is 134 g/mol. The number of aliphatic hydroxyl groups excluding tert-OH is 2. The van der Waals surface area contributed by atoms with Crippen LogP contribution >= 0.6 is 0 Å². The Morgan fingerprint density at radius 3 is 2.00 bits per heavy atom. The fourth-order valence-electron chi connectivity index (χ4n) is 0.499. The molecule has 0 rings (SSSR count). The lowest BCUT2D eigenvalue weighted by molar-refractivity contribution is 0.222. The highest BCUT2D eigenvalue weighted by molar-refractivity contribution is 4.73. The number of aliphatic hydroxyl groups is 2. The lowest BCUT2D eigenvalue weighted by Gasteiger charge is -2.15. The molecule has 56 valence electrons. The van der Waals surface area contributed by atoms with Crippen molar-refractivity contribution in [1.82, 2.24) is 0 Å². The summed E-state index contributed by atoms with van der Waals surface area (Å²) in [5.41, 5.74) is 10.7. The quantitative estimate of drug-likeness (QED) is 0.358. The molecule has 0 aromatic rings. The number of hydrogen-bond acceptors (Lipinski definition) is 4. The molecule has 4 heteroatoms. The fraction of sp³-hybridized carbons (Fsp3) is 1.00. The summed E-state index contributed by atoms with van der Waals surface area (Å²) >= 11 is 0. The van der Waals surface area contributed by atoms with E-state index < -0.39 is 6.04 Å². The highest BCUT2D eigenvalue weighted by Crippen LogP contribution is 1.90. The third-order valence-corrected chi connectivity index (χ3v) is 1.22. The lowest BCUT2D eigenvalue weighted by atomic mass is 10.1. The Morgan fingerprint density at radius 2 is 1.67 bits per heavy atom. The van der Waals surface area contributed by atoms with Crippen LogP contribution in [0.2, 0.25) is 0 Å². The highest BCUT2D eigenvalue weighted by atomic mass is 16.3. The number of nitrogens with two attached hydrogens (primary N) is 2. The van der Waals surface area contributed by atoms with Crippen molar-refractivity contribution >= 4 is 0 Å². The minimum atomic E-state index is -0.405. The second kappa shape index (κ2) is 4.69. The first-order valence-electron chi connectivity index (χ1n) is 2.95. The average Bonchev–Trinajstić information content (AvgIpc) is 1.87. The molecule has 0 saturated heterocycles. The van der Waals surface area contributed by atoms with Gasteiger partial charge in [-0.3, -0.25) is 0 Å². The first-order chi connectivity index (χ1) is 4.22. The van der Waals surface area contributed by atoms with Gasteiger partial charge < -0.3 is 21.7 Å². The van der Waals surface area contributed by atoms with Gasteiger partial charge in [-0.2, -0.15) is 0 Å². The SMILES string of the molecule is N[C@H](CO)[C@@H](N)CCO. The zero-order valence-electron chi connectivity index (χ0n) is 5.33. The molecule has 0 amide bonds. The average molecular weight is 134 g/mol. The second-order valence-electron chi connectivity index (χ2n) is 2.02. The molecule has 0 heterocycles. The Balaban J connectivity index is 3.32. The van der Waals surface area contributed by atoms with Gasteiger partial charge >= 0.3 is 0 Å². The van der Waals surface area contributed by atoms with E-state index in [9.17, 15) is 0 Å². The Hall–Kier alpha value is -0.160. The molecule has 9 heavy (non-hydrogen) atoms. The van der Waals surface area contributed by atoms with E-state index in [1.807, 2.05) is 0 Å². The van der Waals surface area contributed by atoms with Crippen LogP contribution in [0, 0.1) is 0 Å². The largest absolute Gasteiger partial charge is 0.396 e. The van der Waals surface area contributed by atoms with Crippen LogP contribution in [0.3, 0.4) is 0 Å². The van der Waals surface area contributed by atoms with Crippen LogP contribution in [0.4, 0.5) is 0 Å². The van der Waals surface area contributed by atoms with E-state index in [0.29, 0.717) is 6.42 Å². The summed E-state index contributed by atoms with van der Waals surface area (Å²) in [6.45, 7) is -0.101. The molecule has 0 aliphatic carbocycles. The topological polar surface area (TPSA) is 92.5 Å². The number of hydrogen-bond donors (Lipinski definition) is 4. The molecule has 0 radical (unpaired) electrons. The number of rotatable bonds is 4. The van der Waals surface area contributed by atoms with Crippen molar-refractivity contribution < 1.29 is 10.2 Å². The van der Waals surface area contributed by atoms with Crippen LogP contribution in [-0.2, 0) is 0 Å². The summed E-state index contributed by atoms with van der Waals surface area (Å²) in [4.78, 5) is 0. The molecule has 0 aromatic carbocycles. The van der Waals surface area contributed by atoms with Gasteiger partial charge in [-0.25, -0.2) is 0 Å². The van der Waals surface area contributed by atoms with Crippen molar-refractivity contribution in [3.05, 3.63) is 0 Å². The summed E-state index contributed by atoms with van der Waals surface area (Å²) in [5, 5.41) is 16.8. The van der Waals surface area contributed by atoms with Crippen LogP contribution in [0.5, 0.6) is 0 Å². The van der Waals surface area contributed by atoms with Gasteiger partial charge in [0.2, 0.25) is 0 Å². The second-order valence-corrected chi connectivity index (χ2v) is 2.02. The van der Waals surface area contributed by atoms with E-state index in [4.69, 9.17) is 21.7 Å². The van der Waals surface area contributed by atoms with Gasteiger partial charge in [0.1, 0.15) is 0 Å². The molecule has 4 nitrogen and oxygen atoms in total. The van der Waals surface area contributed by atoms with E-state index in [2.05, 4.69) is 0 Å². The van der Waals surface area contributed by atoms with Crippen molar-refractivity contribution in [2.45, 2.75) is 18.5 Å². The maximum atomic E-state index is 8.45. The molecule has 0 aromatic heterocycles. The highest BCUT2D eigenvalue weighted by Gasteiger charge is 2.09. The maximum absolute atomic E-state index is 8.45. The first-order valence-corrected chi connectivity index (χ1v) is 2.95. The van der Waals surface area contributed by atoms with Crippen LogP contribution in [0.1, 0.15) is 6.42 Å². The van der Waals surface area contributed by atoms with Gasteiger partial charge in [0, 0.05) is 18.7 Å². The van der Waals surface area contributed by atoms with Gasteiger partial charge in [-0.15, -0.1) is 0 Å². The van der Waals surface area contributed by atoms with Crippen molar-refractivity contribution in [2.75, 3.05) is 13.2 Å². The fourth-order valence-corrected chi connectivity index (χ4v) is 0.499. The molecule has 0 saturated carbocycles. The Morgan fingerprint density at radius 1 is 1.11 bits per heavy atom. The van der Waals surface area contributed by atoms with Gasteiger partial charge in [-0.1, -0.05) is 0 Å². The third-order valence-electron chi connectivity index (χ3n) is 1.22. The van der Waals surface area contributed by atoms with Crippen LogP contribution < -0.4 is 11.5 Å². The predicted octanol–water partition coefficient (Wildman–Crippen LogP) is -1.98. The molecule has 0 bridgehead atoms.